The normalized spacial score (nSPS) is 11.4. The van der Waals surface area contributed by atoms with Crippen molar-refractivity contribution in [3.05, 3.63) is 71.8 Å². The lowest BCUT2D eigenvalue weighted by Gasteiger charge is -2.19. The van der Waals surface area contributed by atoms with Gasteiger partial charge in [0.1, 0.15) is 6.04 Å². The second-order valence-corrected chi connectivity index (χ2v) is 9.31. The zero-order valence-corrected chi connectivity index (χ0v) is 21.2. The first-order chi connectivity index (χ1) is 16.5. The smallest absolute Gasteiger partial charge is 0.242 e. The van der Waals surface area contributed by atoms with Crippen LogP contribution in [0.25, 0.3) is 0 Å². The number of unbranched alkanes of at least 4 members (excludes halogenated alkanes) is 4. The molecule has 0 aliphatic rings. The highest BCUT2D eigenvalue weighted by atomic mass is 32.1. The summed E-state index contributed by atoms with van der Waals surface area (Å²) in [6.07, 6.45) is 7.98. The fourth-order valence-corrected chi connectivity index (χ4v) is 3.90. The number of amides is 2. The molecule has 0 saturated carbocycles. The lowest BCUT2D eigenvalue weighted by molar-refractivity contribution is -0.129. The highest BCUT2D eigenvalue weighted by Crippen LogP contribution is 2.10. The van der Waals surface area contributed by atoms with Crippen molar-refractivity contribution in [1.29, 1.82) is 0 Å². The van der Waals surface area contributed by atoms with E-state index in [1.54, 1.807) is 0 Å². The topological polar surface area (TPSA) is 70.2 Å². The Kier molecular flexibility index (Phi) is 13.6. The Morgan fingerprint density at radius 2 is 1.44 bits per heavy atom. The van der Waals surface area contributed by atoms with E-state index in [0.29, 0.717) is 19.4 Å². The number of hydrogen-bond acceptors (Lipinski definition) is 3. The number of rotatable bonds is 16. The van der Waals surface area contributed by atoms with Crippen molar-refractivity contribution in [2.45, 2.75) is 77.3 Å². The van der Waals surface area contributed by atoms with Crippen LogP contribution in [0.3, 0.4) is 0 Å². The molecule has 34 heavy (non-hydrogen) atoms. The summed E-state index contributed by atoms with van der Waals surface area (Å²) >= 11 is 5.04. The molecule has 0 spiro atoms. The standard InChI is InChI=1S/C28H39N3O2S/c1-23(34)29-21-13-12-19-26(28(33)30-22-25-17-9-5-10-18-25)31-27(32)20-11-3-2-6-14-24-15-7-4-8-16-24/h4-5,7-10,15-18,26H,2-3,6,11-14,19-22H2,1H3,(H,29,34)(H,30,33)(H,31,32)/t26-/m0/s1. The van der Waals surface area contributed by atoms with Gasteiger partial charge in [0.25, 0.3) is 0 Å². The first-order valence-corrected chi connectivity index (χ1v) is 12.8. The van der Waals surface area contributed by atoms with Crippen molar-refractivity contribution in [2.75, 3.05) is 6.54 Å². The summed E-state index contributed by atoms with van der Waals surface area (Å²) in [6, 6.07) is 19.8. The van der Waals surface area contributed by atoms with E-state index in [1.807, 2.05) is 43.3 Å². The lowest BCUT2D eigenvalue weighted by Crippen LogP contribution is -2.46. The molecular formula is C28H39N3O2S. The summed E-state index contributed by atoms with van der Waals surface area (Å²) in [5.41, 5.74) is 2.40. The van der Waals surface area contributed by atoms with E-state index in [1.165, 1.54) is 5.56 Å². The van der Waals surface area contributed by atoms with E-state index >= 15 is 0 Å². The number of carbonyl (C=O) groups excluding carboxylic acids is 2. The molecule has 2 aromatic carbocycles. The van der Waals surface area contributed by atoms with Gasteiger partial charge in [0.15, 0.2) is 0 Å². The molecule has 0 unspecified atom stereocenters. The van der Waals surface area contributed by atoms with Crippen LogP contribution >= 0.6 is 12.2 Å². The zero-order chi connectivity index (χ0) is 24.4. The molecule has 0 aliphatic heterocycles. The first kappa shape index (κ1) is 27.5. The third-order valence-corrected chi connectivity index (χ3v) is 5.86. The van der Waals surface area contributed by atoms with E-state index in [2.05, 4.69) is 40.2 Å². The molecule has 184 valence electrons. The molecule has 3 N–H and O–H groups in total. The van der Waals surface area contributed by atoms with Crippen molar-refractivity contribution in [3.63, 3.8) is 0 Å². The Morgan fingerprint density at radius 3 is 2.12 bits per heavy atom. The number of hydrogen-bond donors (Lipinski definition) is 3. The summed E-state index contributed by atoms with van der Waals surface area (Å²) in [5.74, 6) is -0.171. The van der Waals surface area contributed by atoms with Crippen molar-refractivity contribution in [3.8, 4) is 0 Å². The minimum absolute atomic E-state index is 0.0456. The van der Waals surface area contributed by atoms with Crippen LogP contribution in [0.15, 0.2) is 60.7 Å². The van der Waals surface area contributed by atoms with Gasteiger partial charge in [-0.05, 0) is 56.6 Å². The fraction of sp³-hybridized carbons (Fsp3) is 0.464. The Morgan fingerprint density at radius 1 is 0.794 bits per heavy atom. The molecular weight excluding hydrogens is 442 g/mol. The average Bonchev–Trinajstić information content (AvgIpc) is 2.84. The Labute approximate surface area is 210 Å². The number of benzene rings is 2. The summed E-state index contributed by atoms with van der Waals surface area (Å²) in [7, 11) is 0. The summed E-state index contributed by atoms with van der Waals surface area (Å²) < 4.78 is 0. The molecule has 2 aromatic rings. The molecule has 0 fully saturated rings. The highest BCUT2D eigenvalue weighted by Gasteiger charge is 2.20. The molecule has 0 aliphatic carbocycles. The molecule has 1 atom stereocenters. The monoisotopic (exact) mass is 481 g/mol. The second kappa shape index (κ2) is 16.8. The van der Waals surface area contributed by atoms with Crippen LogP contribution in [-0.2, 0) is 22.6 Å². The van der Waals surface area contributed by atoms with E-state index in [9.17, 15) is 9.59 Å². The molecule has 2 amide bonds. The van der Waals surface area contributed by atoms with Crippen LogP contribution in [0.2, 0.25) is 0 Å². The van der Waals surface area contributed by atoms with Gasteiger partial charge in [0.05, 0.1) is 4.99 Å². The summed E-state index contributed by atoms with van der Waals surface area (Å²) in [5, 5.41) is 9.08. The van der Waals surface area contributed by atoms with E-state index in [4.69, 9.17) is 12.2 Å². The van der Waals surface area contributed by atoms with Crippen LogP contribution in [0, 0.1) is 0 Å². The molecule has 0 saturated heterocycles. The lowest BCUT2D eigenvalue weighted by atomic mass is 10.0. The Balaban J connectivity index is 1.71. The van der Waals surface area contributed by atoms with E-state index in [-0.39, 0.29) is 11.8 Å². The summed E-state index contributed by atoms with van der Waals surface area (Å²) in [4.78, 5) is 26.1. The first-order valence-electron chi connectivity index (χ1n) is 12.4. The van der Waals surface area contributed by atoms with Gasteiger partial charge in [0.2, 0.25) is 11.8 Å². The number of carbonyl (C=O) groups is 2. The van der Waals surface area contributed by atoms with Gasteiger partial charge in [0, 0.05) is 19.5 Å². The predicted octanol–water partition coefficient (Wildman–Crippen LogP) is 5.09. The molecule has 2 rings (SSSR count). The van der Waals surface area contributed by atoms with Gasteiger partial charge < -0.3 is 16.0 Å². The van der Waals surface area contributed by atoms with Gasteiger partial charge in [-0.3, -0.25) is 9.59 Å². The van der Waals surface area contributed by atoms with Crippen LogP contribution in [0.4, 0.5) is 0 Å². The van der Waals surface area contributed by atoms with Crippen LogP contribution in [-0.4, -0.2) is 29.4 Å². The van der Waals surface area contributed by atoms with Crippen LogP contribution < -0.4 is 16.0 Å². The van der Waals surface area contributed by atoms with E-state index < -0.39 is 6.04 Å². The maximum atomic E-state index is 12.8. The van der Waals surface area contributed by atoms with Gasteiger partial charge in [-0.25, -0.2) is 0 Å². The third-order valence-electron chi connectivity index (χ3n) is 5.72. The molecule has 0 bridgehead atoms. The third kappa shape index (κ3) is 12.5. The number of thiocarbonyl (C=S) groups is 1. The fourth-order valence-electron chi connectivity index (χ4n) is 3.79. The van der Waals surface area contributed by atoms with Crippen molar-refractivity contribution in [2.24, 2.45) is 0 Å². The Bertz CT molecular complexity index is 858. The van der Waals surface area contributed by atoms with Crippen molar-refractivity contribution in [1.82, 2.24) is 16.0 Å². The second-order valence-electron chi connectivity index (χ2n) is 8.70. The molecule has 0 aromatic heterocycles. The maximum absolute atomic E-state index is 12.8. The number of nitrogens with one attached hydrogen (secondary N) is 3. The number of aryl methyl sites for hydroxylation is 1. The Hall–Kier alpha value is -2.73. The van der Waals surface area contributed by atoms with Gasteiger partial charge >= 0.3 is 0 Å². The molecule has 6 heteroatoms. The van der Waals surface area contributed by atoms with Crippen molar-refractivity contribution < 1.29 is 9.59 Å². The largest absolute Gasteiger partial charge is 0.380 e. The minimum atomic E-state index is -0.511. The quantitative estimate of drug-likeness (QED) is 0.231. The molecule has 0 radical (unpaired) electrons. The highest BCUT2D eigenvalue weighted by molar-refractivity contribution is 7.80. The van der Waals surface area contributed by atoms with Gasteiger partial charge in [-0.2, -0.15) is 0 Å². The van der Waals surface area contributed by atoms with E-state index in [0.717, 1.165) is 62.0 Å². The zero-order valence-electron chi connectivity index (χ0n) is 20.4. The average molecular weight is 482 g/mol. The maximum Gasteiger partial charge on any atom is 0.242 e. The predicted molar refractivity (Wildman–Crippen MR) is 144 cm³/mol. The van der Waals surface area contributed by atoms with Gasteiger partial charge in [-0.15, -0.1) is 0 Å². The molecule has 0 heterocycles. The molecule has 5 nitrogen and oxygen atoms in total. The summed E-state index contributed by atoms with van der Waals surface area (Å²) in [6.45, 7) is 3.10. The minimum Gasteiger partial charge on any atom is -0.380 e. The van der Waals surface area contributed by atoms with Crippen LogP contribution in [0.5, 0.6) is 0 Å². The van der Waals surface area contributed by atoms with Crippen molar-refractivity contribution >= 4 is 29.0 Å². The SMILES string of the molecule is CC(=S)NCCCC[C@H](NC(=O)CCCCCCc1ccccc1)C(=O)NCc1ccccc1. The van der Waals surface area contributed by atoms with Crippen LogP contribution in [0.1, 0.15) is 69.4 Å². The van der Waals surface area contributed by atoms with Gasteiger partial charge in [-0.1, -0.05) is 85.7 Å².